The Balaban J connectivity index is 1.63. The van der Waals surface area contributed by atoms with Gasteiger partial charge in [-0.05, 0) is 98.1 Å². The van der Waals surface area contributed by atoms with E-state index in [1.807, 2.05) is 12.1 Å². The minimum absolute atomic E-state index is 0.0889. The first kappa shape index (κ1) is 30.3. The highest BCUT2D eigenvalue weighted by atomic mass is 16.4. The molecule has 2 saturated carbocycles. The number of nitrogens with one attached hydrogen (secondary N) is 1. The lowest BCUT2D eigenvalue weighted by molar-refractivity contribution is -0.137. The van der Waals surface area contributed by atoms with Crippen molar-refractivity contribution in [3.63, 3.8) is 0 Å². The van der Waals surface area contributed by atoms with Crippen LogP contribution < -0.4 is 5.32 Å². The number of carboxylic acid groups (broad SMARTS) is 1. The first-order chi connectivity index (χ1) is 18.7. The van der Waals surface area contributed by atoms with Gasteiger partial charge in [-0.3, -0.25) is 19.4 Å². The van der Waals surface area contributed by atoms with Crippen molar-refractivity contribution in [3.8, 4) is 0 Å². The summed E-state index contributed by atoms with van der Waals surface area (Å²) in [6, 6.07) is 7.42. The summed E-state index contributed by atoms with van der Waals surface area (Å²) >= 11 is 0. The zero-order chi connectivity index (χ0) is 29.3. The molecule has 1 spiro atoms. The molecule has 2 amide bonds. The second kappa shape index (κ2) is 11.7. The number of carbonyl (C=O) groups is 3. The topological polar surface area (TPSA) is 99.1 Å². The van der Waals surface area contributed by atoms with Gasteiger partial charge in [0.05, 0.1) is 12.5 Å². The molecule has 0 unspecified atom stereocenters. The van der Waals surface area contributed by atoms with E-state index in [9.17, 15) is 14.4 Å². The second-order valence-electron chi connectivity index (χ2n) is 14.6. The van der Waals surface area contributed by atoms with Crippen molar-refractivity contribution in [1.29, 1.82) is 0 Å². The molecule has 2 aliphatic carbocycles. The van der Waals surface area contributed by atoms with Crippen LogP contribution in [0.5, 0.6) is 0 Å². The molecule has 2 fully saturated rings. The first-order valence-corrected chi connectivity index (χ1v) is 15.2. The number of hydrogen-bond donors (Lipinski definition) is 2. The second-order valence-corrected chi connectivity index (χ2v) is 14.6. The number of amides is 2. The highest BCUT2D eigenvalue weighted by Gasteiger charge is 2.52. The van der Waals surface area contributed by atoms with Crippen molar-refractivity contribution in [1.82, 2.24) is 10.2 Å². The summed E-state index contributed by atoms with van der Waals surface area (Å²) in [5, 5.41) is 11.5. The standard InChI is InChI=1S/C33H49N3O4/c1-31(2,3)17-15-27(23-9-11-24(12-10-23)29(39)34-20-16-28(37)38)36-30(40)26(21-22-7-8-22)35-33(36)18-13-25(14-19-33)32(4,5)6/h9-12,22,25,27H,7-8,13-21H2,1-6H3,(H,34,39)(H,37,38)/t25?,27-,33?/m1/s1. The molecule has 7 heteroatoms. The van der Waals surface area contributed by atoms with E-state index in [4.69, 9.17) is 10.1 Å². The van der Waals surface area contributed by atoms with Crippen LogP contribution in [0.2, 0.25) is 0 Å². The van der Waals surface area contributed by atoms with Crippen molar-refractivity contribution in [2.75, 3.05) is 6.54 Å². The lowest BCUT2D eigenvalue weighted by Gasteiger charge is -2.48. The van der Waals surface area contributed by atoms with Gasteiger partial charge in [-0.1, -0.05) is 53.7 Å². The number of aliphatic carboxylic acids is 1. The molecule has 1 aliphatic heterocycles. The molecule has 0 radical (unpaired) electrons. The number of hydrogen-bond acceptors (Lipinski definition) is 4. The zero-order valence-electron chi connectivity index (χ0n) is 25.4. The summed E-state index contributed by atoms with van der Waals surface area (Å²) in [6.07, 6.45) is 8.76. The average Bonchev–Trinajstić information content (AvgIpc) is 3.64. The molecule has 0 aromatic heterocycles. The van der Waals surface area contributed by atoms with Gasteiger partial charge < -0.3 is 15.3 Å². The fraction of sp³-hybridized carbons (Fsp3) is 0.697. The molecule has 1 aromatic carbocycles. The molecule has 7 nitrogen and oxygen atoms in total. The van der Waals surface area contributed by atoms with E-state index in [1.165, 1.54) is 12.8 Å². The molecular weight excluding hydrogens is 502 g/mol. The fourth-order valence-corrected chi connectivity index (χ4v) is 6.40. The molecule has 0 saturated heterocycles. The predicted octanol–water partition coefficient (Wildman–Crippen LogP) is 6.77. The Morgan fingerprint density at radius 3 is 2.20 bits per heavy atom. The summed E-state index contributed by atoms with van der Waals surface area (Å²) in [5.41, 5.74) is 2.15. The van der Waals surface area contributed by atoms with Crippen LogP contribution in [-0.2, 0) is 9.59 Å². The fourth-order valence-electron chi connectivity index (χ4n) is 6.40. The Hall–Kier alpha value is -2.70. The van der Waals surface area contributed by atoms with Crippen molar-refractivity contribution in [3.05, 3.63) is 35.4 Å². The molecule has 4 rings (SSSR count). The predicted molar refractivity (Wildman–Crippen MR) is 158 cm³/mol. The third-order valence-electron chi connectivity index (χ3n) is 9.11. The minimum Gasteiger partial charge on any atom is -0.481 e. The van der Waals surface area contributed by atoms with Crippen molar-refractivity contribution < 1.29 is 19.5 Å². The average molecular weight is 552 g/mol. The van der Waals surface area contributed by atoms with Crippen LogP contribution >= 0.6 is 0 Å². The van der Waals surface area contributed by atoms with Crippen LogP contribution in [0.4, 0.5) is 0 Å². The van der Waals surface area contributed by atoms with Crippen LogP contribution in [0.3, 0.4) is 0 Å². The minimum atomic E-state index is -0.943. The van der Waals surface area contributed by atoms with E-state index in [0.29, 0.717) is 17.4 Å². The Morgan fingerprint density at radius 2 is 1.68 bits per heavy atom. The number of aliphatic imine (C=N–C) groups is 1. The molecule has 1 heterocycles. The summed E-state index contributed by atoms with van der Waals surface area (Å²) in [4.78, 5) is 45.0. The molecule has 0 bridgehead atoms. The van der Waals surface area contributed by atoms with E-state index in [1.54, 1.807) is 12.1 Å². The van der Waals surface area contributed by atoms with Crippen LogP contribution in [0.1, 0.15) is 128 Å². The summed E-state index contributed by atoms with van der Waals surface area (Å²) in [7, 11) is 0. The SMILES string of the molecule is CC(C)(C)CC[C@H](c1ccc(C(=O)NCCC(=O)O)cc1)N1C(=O)C(CC2CC2)=NC12CCC(C(C)(C)C)CC2. The smallest absolute Gasteiger partial charge is 0.305 e. The van der Waals surface area contributed by atoms with Gasteiger partial charge in [0.25, 0.3) is 11.8 Å². The number of rotatable bonds is 10. The lowest BCUT2D eigenvalue weighted by atomic mass is 9.69. The van der Waals surface area contributed by atoms with Gasteiger partial charge in [-0.2, -0.15) is 0 Å². The van der Waals surface area contributed by atoms with Gasteiger partial charge in [0.15, 0.2) is 0 Å². The van der Waals surface area contributed by atoms with Crippen LogP contribution in [0.25, 0.3) is 0 Å². The molecule has 220 valence electrons. The first-order valence-electron chi connectivity index (χ1n) is 15.2. The molecule has 2 N–H and O–H groups in total. The Bertz CT molecular complexity index is 1110. The monoisotopic (exact) mass is 551 g/mol. The third-order valence-corrected chi connectivity index (χ3v) is 9.11. The van der Waals surface area contributed by atoms with Crippen molar-refractivity contribution >= 4 is 23.5 Å². The summed E-state index contributed by atoms with van der Waals surface area (Å²) < 4.78 is 0. The van der Waals surface area contributed by atoms with Crippen molar-refractivity contribution in [2.24, 2.45) is 27.7 Å². The van der Waals surface area contributed by atoms with E-state index in [0.717, 1.165) is 56.2 Å². The molecule has 3 aliphatic rings. The number of carboxylic acids is 1. The molecular formula is C33H49N3O4. The van der Waals surface area contributed by atoms with E-state index >= 15 is 0 Å². The van der Waals surface area contributed by atoms with E-state index < -0.39 is 11.6 Å². The number of benzene rings is 1. The maximum absolute atomic E-state index is 14.2. The van der Waals surface area contributed by atoms with Gasteiger partial charge in [0.2, 0.25) is 0 Å². The highest BCUT2D eigenvalue weighted by molar-refractivity contribution is 6.40. The summed E-state index contributed by atoms with van der Waals surface area (Å²) in [6.45, 7) is 13.8. The van der Waals surface area contributed by atoms with Gasteiger partial charge in [0.1, 0.15) is 11.4 Å². The van der Waals surface area contributed by atoms with Gasteiger partial charge in [-0.25, -0.2) is 0 Å². The Morgan fingerprint density at radius 1 is 1.05 bits per heavy atom. The van der Waals surface area contributed by atoms with Crippen LogP contribution in [0, 0.1) is 22.7 Å². The third kappa shape index (κ3) is 7.32. The number of carbonyl (C=O) groups excluding carboxylic acids is 2. The molecule has 1 aromatic rings. The summed E-state index contributed by atoms with van der Waals surface area (Å²) in [5.74, 6) is 0.0856. The normalized spacial score (nSPS) is 24.2. The molecule has 1 atom stereocenters. The van der Waals surface area contributed by atoms with Gasteiger partial charge in [-0.15, -0.1) is 0 Å². The molecule has 40 heavy (non-hydrogen) atoms. The van der Waals surface area contributed by atoms with Crippen molar-refractivity contribution in [2.45, 2.75) is 117 Å². The largest absolute Gasteiger partial charge is 0.481 e. The maximum atomic E-state index is 14.2. The quantitative estimate of drug-likeness (QED) is 0.335. The highest BCUT2D eigenvalue weighted by Crippen LogP contribution is 2.50. The lowest BCUT2D eigenvalue weighted by Crippen LogP contribution is -2.51. The number of nitrogens with zero attached hydrogens (tertiary/aromatic N) is 2. The van der Waals surface area contributed by atoms with Crippen LogP contribution in [0.15, 0.2) is 29.3 Å². The van der Waals surface area contributed by atoms with Gasteiger partial charge in [0, 0.05) is 12.1 Å². The van der Waals surface area contributed by atoms with E-state index in [-0.39, 0.29) is 41.7 Å². The Labute approximate surface area is 240 Å². The zero-order valence-corrected chi connectivity index (χ0v) is 25.4. The Kier molecular flexibility index (Phi) is 8.82. The maximum Gasteiger partial charge on any atom is 0.305 e. The van der Waals surface area contributed by atoms with Gasteiger partial charge >= 0.3 is 5.97 Å². The van der Waals surface area contributed by atoms with E-state index in [2.05, 4.69) is 51.8 Å². The van der Waals surface area contributed by atoms with Crippen LogP contribution in [-0.4, -0.2) is 45.7 Å².